The molecule has 0 aromatic carbocycles. The molecule has 0 saturated carbocycles. The minimum atomic E-state index is 0.0125. The lowest BCUT2D eigenvalue weighted by Crippen LogP contribution is -2.49. The van der Waals surface area contributed by atoms with Crippen LogP contribution in [0.3, 0.4) is 0 Å². The molecular weight excluding hydrogens is 194 g/mol. The number of hydrogen-bond donors (Lipinski definition) is 1. The van der Waals surface area contributed by atoms with Crippen molar-refractivity contribution in [3.8, 4) is 0 Å². The van der Waals surface area contributed by atoms with E-state index in [-0.39, 0.29) is 18.4 Å². The monoisotopic (exact) mass is 213 g/mol. The van der Waals surface area contributed by atoms with E-state index >= 15 is 0 Å². The summed E-state index contributed by atoms with van der Waals surface area (Å²) in [5.74, 6) is 0.0549. The number of carbonyl (C=O) groups excluding carboxylic acids is 2. The molecule has 5 heteroatoms. The van der Waals surface area contributed by atoms with Crippen LogP contribution >= 0.6 is 0 Å². The van der Waals surface area contributed by atoms with Crippen LogP contribution in [0.4, 0.5) is 0 Å². The second-order valence-electron chi connectivity index (χ2n) is 3.73. The van der Waals surface area contributed by atoms with E-state index in [0.717, 1.165) is 26.2 Å². The van der Waals surface area contributed by atoms with E-state index in [0.29, 0.717) is 6.42 Å². The van der Waals surface area contributed by atoms with Gasteiger partial charge in [0.05, 0.1) is 6.54 Å². The van der Waals surface area contributed by atoms with Crippen LogP contribution in [0.1, 0.15) is 13.3 Å². The summed E-state index contributed by atoms with van der Waals surface area (Å²) < 4.78 is 0. The van der Waals surface area contributed by atoms with E-state index in [1.165, 1.54) is 4.90 Å². The first-order chi connectivity index (χ1) is 7.15. The molecule has 0 aromatic heterocycles. The molecule has 1 rings (SSSR count). The molecule has 5 nitrogen and oxygen atoms in total. The molecule has 1 N–H and O–H groups in total. The molecule has 0 unspecified atom stereocenters. The van der Waals surface area contributed by atoms with E-state index in [4.69, 9.17) is 0 Å². The Labute approximate surface area is 90.4 Å². The van der Waals surface area contributed by atoms with Crippen molar-refractivity contribution in [2.45, 2.75) is 13.3 Å². The summed E-state index contributed by atoms with van der Waals surface area (Å²) in [6, 6.07) is 0. The Morgan fingerprint density at radius 1 is 1.33 bits per heavy atom. The van der Waals surface area contributed by atoms with Crippen molar-refractivity contribution in [3.63, 3.8) is 0 Å². The highest BCUT2D eigenvalue weighted by molar-refractivity contribution is 5.84. The van der Waals surface area contributed by atoms with E-state index in [1.54, 1.807) is 18.9 Å². The summed E-state index contributed by atoms with van der Waals surface area (Å²) in [6.45, 7) is 5.18. The van der Waals surface area contributed by atoms with Crippen molar-refractivity contribution >= 4 is 11.8 Å². The highest BCUT2D eigenvalue weighted by Crippen LogP contribution is 1.97. The molecule has 15 heavy (non-hydrogen) atoms. The second-order valence-corrected chi connectivity index (χ2v) is 3.73. The fourth-order valence-electron chi connectivity index (χ4n) is 1.58. The third-order valence-electron chi connectivity index (χ3n) is 2.57. The van der Waals surface area contributed by atoms with E-state index in [2.05, 4.69) is 5.32 Å². The number of hydrogen-bond acceptors (Lipinski definition) is 3. The number of nitrogens with one attached hydrogen (secondary N) is 1. The van der Waals surface area contributed by atoms with Crippen molar-refractivity contribution in [1.29, 1.82) is 0 Å². The van der Waals surface area contributed by atoms with Gasteiger partial charge in [-0.05, 0) is 0 Å². The average molecular weight is 213 g/mol. The van der Waals surface area contributed by atoms with Crippen LogP contribution in [0, 0.1) is 0 Å². The lowest BCUT2D eigenvalue weighted by atomic mass is 10.3. The number of likely N-dealkylation sites (N-methyl/N-ethyl adjacent to an activating group) is 1. The summed E-state index contributed by atoms with van der Waals surface area (Å²) >= 11 is 0. The Bertz CT molecular complexity index is 237. The lowest BCUT2D eigenvalue weighted by molar-refractivity contribution is -0.139. The van der Waals surface area contributed by atoms with Crippen LogP contribution in [-0.4, -0.2) is 61.4 Å². The SMILES string of the molecule is CCC(=O)N(C)CC(=O)N1CCNCC1. The number of amides is 2. The first-order valence-electron chi connectivity index (χ1n) is 5.37. The van der Waals surface area contributed by atoms with E-state index < -0.39 is 0 Å². The molecule has 2 amide bonds. The molecule has 0 radical (unpaired) electrons. The maximum Gasteiger partial charge on any atom is 0.242 e. The molecule has 0 aromatic rings. The third kappa shape index (κ3) is 3.51. The van der Waals surface area contributed by atoms with Gasteiger partial charge in [-0.2, -0.15) is 0 Å². The second kappa shape index (κ2) is 5.70. The van der Waals surface area contributed by atoms with Gasteiger partial charge in [0.2, 0.25) is 11.8 Å². The zero-order valence-electron chi connectivity index (χ0n) is 9.45. The van der Waals surface area contributed by atoms with Gasteiger partial charge in [0.15, 0.2) is 0 Å². The molecule has 0 spiro atoms. The first kappa shape index (κ1) is 12.0. The topological polar surface area (TPSA) is 52.7 Å². The number of carbonyl (C=O) groups is 2. The minimum Gasteiger partial charge on any atom is -0.339 e. The zero-order chi connectivity index (χ0) is 11.3. The summed E-state index contributed by atoms with van der Waals surface area (Å²) in [7, 11) is 1.67. The predicted molar refractivity (Wildman–Crippen MR) is 57.4 cm³/mol. The summed E-state index contributed by atoms with van der Waals surface area (Å²) in [4.78, 5) is 26.3. The molecular formula is C10H19N3O2. The molecule has 1 aliphatic heterocycles. The maximum absolute atomic E-state index is 11.7. The van der Waals surface area contributed by atoms with Crippen molar-refractivity contribution in [1.82, 2.24) is 15.1 Å². The van der Waals surface area contributed by atoms with Crippen LogP contribution < -0.4 is 5.32 Å². The standard InChI is InChI=1S/C10H19N3O2/c1-3-9(14)12(2)8-10(15)13-6-4-11-5-7-13/h11H,3-8H2,1-2H3. The molecule has 0 bridgehead atoms. The molecule has 1 heterocycles. The average Bonchev–Trinajstić information content (AvgIpc) is 2.29. The Balaban J connectivity index is 2.36. The van der Waals surface area contributed by atoms with Gasteiger partial charge in [-0.1, -0.05) is 6.92 Å². The Hall–Kier alpha value is -1.10. The molecule has 1 fully saturated rings. The predicted octanol–water partition coefficient (Wildman–Crippen LogP) is -0.713. The first-order valence-corrected chi connectivity index (χ1v) is 5.37. The van der Waals surface area contributed by atoms with Gasteiger partial charge in [0, 0.05) is 39.6 Å². The van der Waals surface area contributed by atoms with Crippen LogP contribution in [0.25, 0.3) is 0 Å². The Morgan fingerprint density at radius 2 is 1.93 bits per heavy atom. The fraction of sp³-hybridized carbons (Fsp3) is 0.800. The number of rotatable bonds is 3. The van der Waals surface area contributed by atoms with Crippen molar-refractivity contribution in [2.75, 3.05) is 39.8 Å². The molecule has 0 aliphatic carbocycles. The summed E-state index contributed by atoms with van der Waals surface area (Å²) in [5.41, 5.74) is 0. The Morgan fingerprint density at radius 3 is 2.47 bits per heavy atom. The van der Waals surface area contributed by atoms with Gasteiger partial charge in [0.1, 0.15) is 0 Å². The summed E-state index contributed by atoms with van der Waals surface area (Å²) in [6.07, 6.45) is 0.450. The Kier molecular flexibility index (Phi) is 4.55. The van der Waals surface area contributed by atoms with Gasteiger partial charge in [-0.25, -0.2) is 0 Å². The van der Waals surface area contributed by atoms with Gasteiger partial charge in [-0.3, -0.25) is 9.59 Å². The van der Waals surface area contributed by atoms with Crippen LogP contribution in [-0.2, 0) is 9.59 Å². The largest absolute Gasteiger partial charge is 0.339 e. The quantitative estimate of drug-likeness (QED) is 0.673. The fourth-order valence-corrected chi connectivity index (χ4v) is 1.58. The highest BCUT2D eigenvalue weighted by atomic mass is 16.2. The van der Waals surface area contributed by atoms with Gasteiger partial charge in [-0.15, -0.1) is 0 Å². The van der Waals surface area contributed by atoms with Crippen LogP contribution in [0.15, 0.2) is 0 Å². The van der Waals surface area contributed by atoms with Gasteiger partial charge >= 0.3 is 0 Å². The maximum atomic E-state index is 11.7. The van der Waals surface area contributed by atoms with Gasteiger partial charge < -0.3 is 15.1 Å². The lowest BCUT2D eigenvalue weighted by Gasteiger charge is -2.29. The normalized spacial score (nSPS) is 16.3. The number of nitrogens with zero attached hydrogens (tertiary/aromatic N) is 2. The molecule has 1 aliphatic rings. The molecule has 0 atom stereocenters. The highest BCUT2D eigenvalue weighted by Gasteiger charge is 2.18. The van der Waals surface area contributed by atoms with Crippen molar-refractivity contribution in [3.05, 3.63) is 0 Å². The minimum absolute atomic E-state index is 0.0125. The van der Waals surface area contributed by atoms with Gasteiger partial charge in [0.25, 0.3) is 0 Å². The molecule has 86 valence electrons. The smallest absolute Gasteiger partial charge is 0.242 e. The van der Waals surface area contributed by atoms with E-state index in [9.17, 15) is 9.59 Å². The van der Waals surface area contributed by atoms with Crippen molar-refractivity contribution in [2.24, 2.45) is 0 Å². The van der Waals surface area contributed by atoms with Crippen LogP contribution in [0.5, 0.6) is 0 Å². The van der Waals surface area contributed by atoms with E-state index in [1.807, 2.05) is 0 Å². The third-order valence-corrected chi connectivity index (χ3v) is 2.57. The molecule has 1 saturated heterocycles. The summed E-state index contributed by atoms with van der Waals surface area (Å²) in [5, 5.41) is 3.18. The zero-order valence-corrected chi connectivity index (χ0v) is 9.45. The van der Waals surface area contributed by atoms with Crippen molar-refractivity contribution < 1.29 is 9.59 Å². The number of piperazine rings is 1. The van der Waals surface area contributed by atoms with Crippen LogP contribution in [0.2, 0.25) is 0 Å².